The van der Waals surface area contributed by atoms with E-state index in [0.717, 1.165) is 49.8 Å². The van der Waals surface area contributed by atoms with Gasteiger partial charge in [-0.25, -0.2) is 4.98 Å². The van der Waals surface area contributed by atoms with Gasteiger partial charge in [0.1, 0.15) is 0 Å². The van der Waals surface area contributed by atoms with Gasteiger partial charge in [0.05, 0.1) is 16.7 Å². The van der Waals surface area contributed by atoms with Crippen LogP contribution >= 0.6 is 11.3 Å². The number of thiophene rings is 1. The molecule has 4 aromatic heterocycles. The lowest BCUT2D eigenvalue weighted by Crippen LogP contribution is -2.06. The SMILES string of the molecule is c1ccc(-c2ccc3c(c2)c2ccc4sc5c(-c6ccccn6)cccc5c4c2n3-c2nc(-c3ccccc3)nc(-c3ccccc3)n2)cc1. The second kappa shape index (κ2) is 11.6. The zero-order valence-electron chi connectivity index (χ0n) is 26.7. The summed E-state index contributed by atoms with van der Waals surface area (Å²) in [6.45, 7) is 0. The van der Waals surface area contributed by atoms with E-state index in [1.807, 2.05) is 54.7 Å². The van der Waals surface area contributed by atoms with Crippen LogP contribution in [0.2, 0.25) is 0 Å². The Bertz CT molecular complexity index is 2790. The van der Waals surface area contributed by atoms with Crippen molar-refractivity contribution in [3.63, 3.8) is 0 Å². The number of aromatic nitrogens is 5. The highest BCUT2D eigenvalue weighted by molar-refractivity contribution is 7.26. The molecule has 10 rings (SSSR count). The molecule has 0 unspecified atom stereocenters. The maximum absolute atomic E-state index is 5.22. The number of hydrogen-bond donors (Lipinski definition) is 0. The van der Waals surface area contributed by atoms with Gasteiger partial charge in [0.2, 0.25) is 5.95 Å². The fourth-order valence-electron chi connectivity index (χ4n) is 7.03. The largest absolute Gasteiger partial charge is 0.277 e. The first-order valence-electron chi connectivity index (χ1n) is 16.6. The lowest BCUT2D eigenvalue weighted by Gasteiger charge is -2.11. The molecule has 0 radical (unpaired) electrons. The molecule has 0 spiro atoms. The van der Waals surface area contributed by atoms with Crippen molar-refractivity contribution < 1.29 is 0 Å². The molecule has 0 bridgehead atoms. The Balaban J connectivity index is 1.34. The second-order valence-electron chi connectivity index (χ2n) is 12.3. The van der Waals surface area contributed by atoms with E-state index in [-0.39, 0.29) is 0 Å². The van der Waals surface area contributed by atoms with Gasteiger partial charge in [-0.3, -0.25) is 9.55 Å². The molecule has 0 aliphatic rings. The van der Waals surface area contributed by atoms with E-state index in [9.17, 15) is 0 Å². The fourth-order valence-corrected chi connectivity index (χ4v) is 8.25. The molecule has 0 N–H and O–H groups in total. The van der Waals surface area contributed by atoms with Crippen LogP contribution in [0.3, 0.4) is 0 Å². The van der Waals surface area contributed by atoms with Crippen LogP contribution in [0.4, 0.5) is 0 Å². The van der Waals surface area contributed by atoms with Crippen molar-refractivity contribution in [3.8, 4) is 51.1 Å². The molecule has 5 nitrogen and oxygen atoms in total. The van der Waals surface area contributed by atoms with Gasteiger partial charge in [-0.2, -0.15) is 9.97 Å². The number of nitrogens with zero attached hydrogens (tertiary/aromatic N) is 5. The zero-order chi connectivity index (χ0) is 33.0. The van der Waals surface area contributed by atoms with E-state index in [1.54, 1.807) is 11.3 Å². The average molecular weight is 658 g/mol. The van der Waals surface area contributed by atoms with Gasteiger partial charge >= 0.3 is 0 Å². The number of pyridine rings is 1. The van der Waals surface area contributed by atoms with E-state index < -0.39 is 0 Å². The first-order chi connectivity index (χ1) is 24.8. The van der Waals surface area contributed by atoms with E-state index in [2.05, 4.69) is 114 Å². The van der Waals surface area contributed by atoms with E-state index in [1.165, 1.54) is 25.7 Å². The van der Waals surface area contributed by atoms with Crippen molar-refractivity contribution in [2.75, 3.05) is 0 Å². The predicted molar refractivity (Wildman–Crippen MR) is 207 cm³/mol. The molecule has 6 heteroatoms. The molecule has 234 valence electrons. The van der Waals surface area contributed by atoms with Gasteiger partial charge in [-0.1, -0.05) is 127 Å². The lowest BCUT2D eigenvalue weighted by atomic mass is 10.0. The number of rotatable bonds is 5. The summed E-state index contributed by atoms with van der Waals surface area (Å²) in [5.41, 5.74) is 8.42. The van der Waals surface area contributed by atoms with Crippen molar-refractivity contribution >= 4 is 53.3 Å². The number of fused-ring (bicyclic) bond motifs is 7. The van der Waals surface area contributed by atoms with Crippen molar-refractivity contribution in [2.24, 2.45) is 0 Å². The minimum Gasteiger partial charge on any atom is -0.277 e. The Labute approximate surface area is 291 Å². The minimum absolute atomic E-state index is 0.581. The van der Waals surface area contributed by atoms with Crippen LogP contribution in [0.15, 0.2) is 164 Å². The third-order valence-electron chi connectivity index (χ3n) is 9.32. The molecule has 0 saturated heterocycles. The Morgan fingerprint density at radius 1 is 0.480 bits per heavy atom. The van der Waals surface area contributed by atoms with Gasteiger partial charge in [0.15, 0.2) is 11.6 Å². The second-order valence-corrected chi connectivity index (χ2v) is 13.3. The molecule has 0 saturated carbocycles. The number of benzene rings is 6. The quantitative estimate of drug-likeness (QED) is 0.185. The Morgan fingerprint density at radius 2 is 1.16 bits per heavy atom. The highest BCUT2D eigenvalue weighted by Gasteiger charge is 2.22. The van der Waals surface area contributed by atoms with Gasteiger partial charge in [0.25, 0.3) is 0 Å². The zero-order valence-corrected chi connectivity index (χ0v) is 27.5. The monoisotopic (exact) mass is 657 g/mol. The first-order valence-corrected chi connectivity index (χ1v) is 17.4. The summed E-state index contributed by atoms with van der Waals surface area (Å²) in [4.78, 5) is 20.2. The summed E-state index contributed by atoms with van der Waals surface area (Å²) in [6, 6.07) is 54.7. The third kappa shape index (κ3) is 4.61. The summed E-state index contributed by atoms with van der Waals surface area (Å²) < 4.78 is 4.66. The van der Waals surface area contributed by atoms with Crippen molar-refractivity contribution in [1.29, 1.82) is 0 Å². The molecule has 0 aliphatic heterocycles. The summed E-state index contributed by atoms with van der Waals surface area (Å²) in [5, 5.41) is 4.66. The molecule has 0 fully saturated rings. The van der Waals surface area contributed by atoms with E-state index in [0.29, 0.717) is 17.6 Å². The fraction of sp³-hybridized carbons (Fsp3) is 0. The molecular formula is C44H27N5S. The molecule has 6 aromatic carbocycles. The summed E-state index contributed by atoms with van der Waals surface area (Å²) in [7, 11) is 0. The summed E-state index contributed by atoms with van der Waals surface area (Å²) in [5.74, 6) is 1.84. The highest BCUT2D eigenvalue weighted by atomic mass is 32.1. The summed E-state index contributed by atoms with van der Waals surface area (Å²) >= 11 is 1.81. The molecule has 0 atom stereocenters. The molecule has 0 amide bonds. The van der Waals surface area contributed by atoms with Gasteiger partial charge in [0, 0.05) is 53.8 Å². The topological polar surface area (TPSA) is 56.5 Å². The van der Waals surface area contributed by atoms with Crippen LogP contribution in [0.1, 0.15) is 0 Å². The van der Waals surface area contributed by atoms with Crippen LogP contribution in [0.25, 0.3) is 93.1 Å². The first kappa shape index (κ1) is 28.5. The molecular weight excluding hydrogens is 631 g/mol. The average Bonchev–Trinajstić information content (AvgIpc) is 3.74. The van der Waals surface area contributed by atoms with Crippen LogP contribution in [0, 0.1) is 0 Å². The van der Waals surface area contributed by atoms with E-state index in [4.69, 9.17) is 19.9 Å². The summed E-state index contributed by atoms with van der Waals surface area (Å²) in [6.07, 6.45) is 1.86. The van der Waals surface area contributed by atoms with Crippen LogP contribution in [-0.2, 0) is 0 Å². The standard InChI is InChI=1S/C44H27N5S/c1-4-13-28(14-5-1)31-22-24-37-35(27-31)32-23-25-38-39(34-20-12-19-33(41(34)50-38)36-21-10-11-26-45-36)40(32)49(37)44-47-42(29-15-6-2-7-16-29)46-43(48-44)30-17-8-3-9-18-30/h1-27H. The van der Waals surface area contributed by atoms with E-state index >= 15 is 0 Å². The van der Waals surface area contributed by atoms with Crippen LogP contribution in [-0.4, -0.2) is 24.5 Å². The lowest BCUT2D eigenvalue weighted by molar-refractivity contribution is 0.955. The Kier molecular flexibility index (Phi) is 6.60. The molecule has 4 heterocycles. The normalized spacial score (nSPS) is 11.6. The third-order valence-corrected chi connectivity index (χ3v) is 10.5. The van der Waals surface area contributed by atoms with Crippen molar-refractivity contribution in [3.05, 3.63) is 164 Å². The maximum atomic E-state index is 5.22. The maximum Gasteiger partial charge on any atom is 0.238 e. The van der Waals surface area contributed by atoms with Crippen LogP contribution in [0.5, 0.6) is 0 Å². The van der Waals surface area contributed by atoms with Crippen LogP contribution < -0.4 is 0 Å². The van der Waals surface area contributed by atoms with Gasteiger partial charge in [-0.05, 0) is 41.5 Å². The van der Waals surface area contributed by atoms with Crippen molar-refractivity contribution in [1.82, 2.24) is 24.5 Å². The molecule has 0 aliphatic carbocycles. The molecule has 10 aromatic rings. The smallest absolute Gasteiger partial charge is 0.238 e. The predicted octanol–water partition coefficient (Wildman–Crippen LogP) is 11.4. The number of hydrogen-bond acceptors (Lipinski definition) is 5. The molecule has 50 heavy (non-hydrogen) atoms. The van der Waals surface area contributed by atoms with Gasteiger partial charge in [-0.15, -0.1) is 11.3 Å². The highest BCUT2D eigenvalue weighted by Crippen LogP contribution is 2.46. The Hall–Kier alpha value is -6.50. The van der Waals surface area contributed by atoms with Gasteiger partial charge < -0.3 is 0 Å². The van der Waals surface area contributed by atoms with Crippen molar-refractivity contribution in [2.45, 2.75) is 0 Å². The Morgan fingerprint density at radius 3 is 1.84 bits per heavy atom. The minimum atomic E-state index is 0.581.